The van der Waals surface area contributed by atoms with Crippen LogP contribution in [0.1, 0.15) is 56.8 Å². The van der Waals surface area contributed by atoms with Crippen LogP contribution in [0.3, 0.4) is 0 Å². The van der Waals surface area contributed by atoms with E-state index in [1.54, 1.807) is 37.3 Å². The minimum Gasteiger partial charge on any atom is -0.469 e. The fourth-order valence-electron chi connectivity index (χ4n) is 5.81. The Morgan fingerprint density at radius 3 is 2.36 bits per heavy atom. The molecule has 1 aromatic heterocycles. The molecule has 3 aromatic carbocycles. The van der Waals surface area contributed by atoms with Crippen LogP contribution < -0.4 is 10.2 Å². The monoisotopic (exact) mass is 690 g/mol. The molecule has 5 rings (SSSR count). The van der Waals surface area contributed by atoms with Gasteiger partial charge < -0.3 is 15.0 Å². The molecule has 2 heterocycles. The molecule has 0 spiro atoms. The number of carbonyl (C=O) groups is 4. The van der Waals surface area contributed by atoms with Crippen molar-refractivity contribution in [3.63, 3.8) is 0 Å². The summed E-state index contributed by atoms with van der Waals surface area (Å²) in [6, 6.07) is 17.6. The third kappa shape index (κ3) is 7.05. The van der Waals surface area contributed by atoms with Crippen LogP contribution in [-0.2, 0) is 20.5 Å². The number of ether oxygens (including phenoxy) is 1. The largest absolute Gasteiger partial charge is 0.469 e. The number of nitrogens with one attached hydrogen (secondary N) is 1. The number of rotatable bonds is 10. The number of hydrogen-bond donors (Lipinski definition) is 1. The Hall–Kier alpha value is -6.04. The summed E-state index contributed by atoms with van der Waals surface area (Å²) in [5.74, 6) is -4.80. The van der Waals surface area contributed by atoms with E-state index < -0.39 is 59.8 Å². The van der Waals surface area contributed by atoms with E-state index in [1.807, 2.05) is 6.07 Å². The summed E-state index contributed by atoms with van der Waals surface area (Å²) in [7, 11) is 1.17. The lowest BCUT2D eigenvalue weighted by Gasteiger charge is -2.38. The maximum Gasteiger partial charge on any atom is 0.416 e. The summed E-state index contributed by atoms with van der Waals surface area (Å²) in [6.45, 7) is 0.984. The topological polar surface area (TPSA) is 138 Å². The van der Waals surface area contributed by atoms with Gasteiger partial charge in [-0.1, -0.05) is 36.4 Å². The fraction of sp³-hybridized carbons (Fsp3) is 0.257. The molecule has 0 radical (unpaired) electrons. The van der Waals surface area contributed by atoms with Crippen LogP contribution in [0.25, 0.3) is 5.69 Å². The van der Waals surface area contributed by atoms with Gasteiger partial charge in [-0.2, -0.15) is 23.5 Å². The van der Waals surface area contributed by atoms with E-state index >= 15 is 0 Å². The van der Waals surface area contributed by atoms with E-state index in [2.05, 4.69) is 10.4 Å². The first-order valence-corrected chi connectivity index (χ1v) is 15.4. The molecule has 0 fully saturated rings. The molecule has 4 aromatic rings. The molecule has 1 N–H and O–H groups in total. The first-order chi connectivity index (χ1) is 23.9. The van der Waals surface area contributed by atoms with Crippen molar-refractivity contribution in [1.29, 1.82) is 5.26 Å². The highest BCUT2D eigenvalue weighted by molar-refractivity contribution is 6.07. The average molecular weight is 691 g/mol. The molecule has 0 aliphatic carbocycles. The van der Waals surface area contributed by atoms with Gasteiger partial charge in [-0.15, -0.1) is 0 Å². The number of likely N-dealkylation sites (N-methyl/N-ethyl adjacent to an activating group) is 1. The van der Waals surface area contributed by atoms with Crippen LogP contribution in [-0.4, -0.2) is 71.2 Å². The Bertz CT molecular complexity index is 1960. The van der Waals surface area contributed by atoms with Crippen molar-refractivity contribution in [2.75, 3.05) is 31.6 Å². The first kappa shape index (κ1) is 35.3. The molecule has 0 bridgehead atoms. The number of aromatic nitrogens is 2. The second-order valence-corrected chi connectivity index (χ2v) is 11.2. The van der Waals surface area contributed by atoms with E-state index in [0.717, 1.165) is 35.2 Å². The molecule has 0 unspecified atom stereocenters. The summed E-state index contributed by atoms with van der Waals surface area (Å²) in [6.07, 6.45) is -4.99. The van der Waals surface area contributed by atoms with Crippen molar-refractivity contribution in [3.8, 4) is 11.8 Å². The van der Waals surface area contributed by atoms with Gasteiger partial charge in [0, 0.05) is 30.1 Å². The normalized spacial score (nSPS) is 15.5. The summed E-state index contributed by atoms with van der Waals surface area (Å²) >= 11 is 0. The van der Waals surface area contributed by atoms with E-state index in [9.17, 15) is 42.0 Å². The quantitative estimate of drug-likeness (QED) is 0.143. The number of halogens is 4. The van der Waals surface area contributed by atoms with E-state index in [1.165, 1.54) is 28.8 Å². The third-order valence-electron chi connectivity index (χ3n) is 8.18. The molecule has 11 nitrogen and oxygen atoms in total. The number of anilines is 1. The van der Waals surface area contributed by atoms with E-state index in [-0.39, 0.29) is 47.7 Å². The lowest BCUT2D eigenvalue weighted by molar-refractivity contribution is -0.141. The number of nitrogens with zero attached hydrogens (tertiary/aromatic N) is 5. The summed E-state index contributed by atoms with van der Waals surface area (Å²) in [5.41, 5.74) is -0.841. The lowest BCUT2D eigenvalue weighted by Crippen LogP contribution is -2.55. The number of alkyl halides is 3. The van der Waals surface area contributed by atoms with Crippen LogP contribution in [0.5, 0.6) is 0 Å². The van der Waals surface area contributed by atoms with Crippen LogP contribution in [0.15, 0.2) is 78.9 Å². The van der Waals surface area contributed by atoms with Gasteiger partial charge in [0.15, 0.2) is 5.69 Å². The second-order valence-electron chi connectivity index (χ2n) is 11.2. The molecule has 258 valence electrons. The molecule has 3 amide bonds. The summed E-state index contributed by atoms with van der Waals surface area (Å²) in [4.78, 5) is 56.7. The highest BCUT2D eigenvalue weighted by Crippen LogP contribution is 2.44. The number of fused-ring (bicyclic) bond motifs is 1. The molecule has 0 saturated heterocycles. The van der Waals surface area contributed by atoms with Crippen molar-refractivity contribution in [2.24, 2.45) is 0 Å². The molecule has 2 atom stereocenters. The molecule has 1 aliphatic rings. The smallest absolute Gasteiger partial charge is 0.416 e. The highest BCUT2D eigenvalue weighted by atomic mass is 19.4. The fourth-order valence-corrected chi connectivity index (χ4v) is 5.81. The number of esters is 1. The van der Waals surface area contributed by atoms with Gasteiger partial charge >= 0.3 is 12.1 Å². The van der Waals surface area contributed by atoms with Gasteiger partial charge in [0.25, 0.3) is 17.7 Å². The Balaban J connectivity index is 1.74. The zero-order valence-corrected chi connectivity index (χ0v) is 26.8. The molecule has 1 aliphatic heterocycles. The second kappa shape index (κ2) is 14.6. The Labute approximate surface area is 283 Å². The van der Waals surface area contributed by atoms with Gasteiger partial charge in [-0.3, -0.25) is 24.1 Å². The summed E-state index contributed by atoms with van der Waals surface area (Å²) in [5, 5.41) is 16.8. The van der Waals surface area contributed by atoms with Crippen LogP contribution in [0, 0.1) is 17.1 Å². The summed E-state index contributed by atoms with van der Waals surface area (Å²) < 4.78 is 60.9. The van der Waals surface area contributed by atoms with Crippen molar-refractivity contribution < 1.29 is 41.5 Å². The maximum absolute atomic E-state index is 14.4. The van der Waals surface area contributed by atoms with E-state index in [0.29, 0.717) is 11.8 Å². The van der Waals surface area contributed by atoms with Gasteiger partial charge in [0.1, 0.15) is 24.2 Å². The minimum atomic E-state index is -4.74. The Morgan fingerprint density at radius 2 is 1.74 bits per heavy atom. The van der Waals surface area contributed by atoms with Gasteiger partial charge in [-0.25, -0.2) is 9.07 Å². The van der Waals surface area contributed by atoms with Crippen molar-refractivity contribution >= 4 is 29.5 Å². The predicted octanol–water partition coefficient (Wildman–Crippen LogP) is 4.86. The van der Waals surface area contributed by atoms with Gasteiger partial charge in [0.2, 0.25) is 0 Å². The average Bonchev–Trinajstić information content (AvgIpc) is 3.50. The highest BCUT2D eigenvalue weighted by Gasteiger charge is 2.48. The van der Waals surface area contributed by atoms with Gasteiger partial charge in [-0.05, 0) is 55.0 Å². The van der Waals surface area contributed by atoms with Gasteiger partial charge in [0.05, 0.1) is 30.9 Å². The van der Waals surface area contributed by atoms with Crippen molar-refractivity contribution in [3.05, 3.63) is 113 Å². The number of para-hydroxylation sites is 1. The molecule has 50 heavy (non-hydrogen) atoms. The Kier molecular flexibility index (Phi) is 10.3. The van der Waals surface area contributed by atoms with Crippen LogP contribution >= 0.6 is 0 Å². The third-order valence-corrected chi connectivity index (χ3v) is 8.18. The molecule has 0 saturated carbocycles. The molecular weight excluding hydrogens is 660 g/mol. The van der Waals surface area contributed by atoms with Crippen molar-refractivity contribution in [2.45, 2.75) is 31.5 Å². The number of benzene rings is 3. The number of hydrogen-bond acceptors (Lipinski definition) is 7. The Morgan fingerprint density at radius 1 is 1.04 bits per heavy atom. The maximum atomic E-state index is 14.4. The SMILES string of the molecule is CCN1C(=O)[C@@H](NC(=O)c2cccc(C(F)(F)F)c2)[C@@H](c2ccc(F)cc2)c2c(C(=O)N(CC#N)CCC(=O)OC)nn(-c3ccccc3)c21. The molecular formula is C35H30F4N6O5. The zero-order valence-electron chi connectivity index (χ0n) is 26.8. The van der Waals surface area contributed by atoms with Crippen molar-refractivity contribution in [1.82, 2.24) is 20.0 Å². The number of methoxy groups -OCH3 is 1. The standard InChI is InChI=1S/C35H30F4N6O5/c1-3-44-32-28(30(42-45(32)25-10-5-4-6-11-25)33(48)43(19-17-40)18-16-26(46)50-2)27(21-12-14-24(36)15-13-21)29(34(44)49)41-31(47)22-8-7-9-23(20-22)35(37,38)39/h4-15,20,27,29H,3,16,18-19H2,1-2H3,(H,41,47)/t27-,29-/m0/s1. The first-order valence-electron chi connectivity index (χ1n) is 15.4. The van der Waals surface area contributed by atoms with E-state index in [4.69, 9.17) is 4.74 Å². The van der Waals surface area contributed by atoms with Crippen LogP contribution in [0.2, 0.25) is 0 Å². The number of amides is 3. The lowest BCUT2D eigenvalue weighted by atomic mass is 9.80. The minimum absolute atomic E-state index is 0.00824. The number of carbonyl (C=O) groups excluding carboxylic acids is 4. The zero-order chi connectivity index (χ0) is 36.2. The predicted molar refractivity (Wildman–Crippen MR) is 171 cm³/mol. The molecule has 15 heteroatoms. The van der Waals surface area contributed by atoms with Crippen LogP contribution in [0.4, 0.5) is 23.4 Å². The number of nitriles is 1.